The van der Waals surface area contributed by atoms with Crippen molar-refractivity contribution < 1.29 is 14.9 Å². The van der Waals surface area contributed by atoms with Gasteiger partial charge in [-0.15, -0.1) is 0 Å². The first-order chi connectivity index (χ1) is 8.66. The van der Waals surface area contributed by atoms with E-state index in [1.807, 2.05) is 24.3 Å². The molecule has 2 N–H and O–H groups in total. The van der Waals surface area contributed by atoms with Gasteiger partial charge in [0.15, 0.2) is 0 Å². The lowest BCUT2D eigenvalue weighted by atomic mass is 9.70. The van der Waals surface area contributed by atoms with Gasteiger partial charge in [-0.05, 0) is 49.3 Å². The number of ether oxygens (including phenoxy) is 1. The summed E-state index contributed by atoms with van der Waals surface area (Å²) in [5.41, 5.74) is -0.0415. The molecular weight excluding hydrogens is 228 g/mol. The summed E-state index contributed by atoms with van der Waals surface area (Å²) in [6.07, 6.45) is 3.98. The molecule has 1 atom stereocenters. The molecule has 2 aliphatic carbocycles. The number of hydrogen-bond donors (Lipinski definition) is 2. The monoisotopic (exact) mass is 248 g/mol. The summed E-state index contributed by atoms with van der Waals surface area (Å²) >= 11 is 0. The van der Waals surface area contributed by atoms with Crippen LogP contribution in [0.25, 0.3) is 0 Å². The van der Waals surface area contributed by atoms with Crippen molar-refractivity contribution in [3.8, 4) is 5.75 Å². The predicted molar refractivity (Wildman–Crippen MR) is 68.7 cm³/mol. The van der Waals surface area contributed by atoms with Crippen molar-refractivity contribution in [2.75, 3.05) is 13.7 Å². The summed E-state index contributed by atoms with van der Waals surface area (Å²) in [4.78, 5) is 0. The van der Waals surface area contributed by atoms with Crippen LogP contribution in [0.5, 0.6) is 5.75 Å². The minimum atomic E-state index is -0.929. The van der Waals surface area contributed by atoms with Crippen LogP contribution in [0.15, 0.2) is 24.3 Å². The molecule has 2 fully saturated rings. The maximum Gasteiger partial charge on any atom is 0.118 e. The van der Waals surface area contributed by atoms with Crippen LogP contribution in [0, 0.1) is 5.92 Å². The van der Waals surface area contributed by atoms with Crippen molar-refractivity contribution in [3.05, 3.63) is 29.8 Å². The Labute approximate surface area is 107 Å². The Kier molecular flexibility index (Phi) is 2.65. The Morgan fingerprint density at radius 1 is 1.22 bits per heavy atom. The molecule has 3 rings (SSSR count). The van der Waals surface area contributed by atoms with Gasteiger partial charge in [0, 0.05) is 5.41 Å². The first kappa shape index (κ1) is 12.0. The lowest BCUT2D eigenvalue weighted by molar-refractivity contribution is -0.0652. The minimum Gasteiger partial charge on any atom is -0.497 e. The van der Waals surface area contributed by atoms with Crippen LogP contribution in [-0.2, 0) is 5.41 Å². The predicted octanol–water partition coefficient (Wildman–Crippen LogP) is 1.86. The third-order valence-electron chi connectivity index (χ3n) is 5.23. The van der Waals surface area contributed by atoms with Gasteiger partial charge in [-0.1, -0.05) is 12.1 Å². The van der Waals surface area contributed by atoms with E-state index in [0.717, 1.165) is 37.0 Å². The van der Waals surface area contributed by atoms with Crippen LogP contribution in [0.3, 0.4) is 0 Å². The number of methoxy groups -OCH3 is 1. The van der Waals surface area contributed by atoms with E-state index in [0.29, 0.717) is 0 Å². The van der Waals surface area contributed by atoms with Crippen molar-refractivity contribution in [1.82, 2.24) is 0 Å². The van der Waals surface area contributed by atoms with Crippen molar-refractivity contribution >= 4 is 0 Å². The molecule has 3 nitrogen and oxygen atoms in total. The number of rotatable bonds is 3. The molecule has 0 spiro atoms. The number of fused-ring (bicyclic) bond motifs is 2. The summed E-state index contributed by atoms with van der Waals surface area (Å²) < 4.78 is 5.18. The maximum atomic E-state index is 10.8. The zero-order valence-corrected chi connectivity index (χ0v) is 10.7. The third kappa shape index (κ3) is 1.32. The lowest BCUT2D eigenvalue weighted by Gasteiger charge is -2.38. The largest absolute Gasteiger partial charge is 0.497 e. The molecule has 0 radical (unpaired) electrons. The molecular formula is C15H20O3. The fourth-order valence-corrected chi connectivity index (χ4v) is 4.14. The van der Waals surface area contributed by atoms with Crippen LogP contribution in [0.1, 0.15) is 31.2 Å². The highest BCUT2D eigenvalue weighted by Gasteiger charge is 2.63. The molecule has 2 aliphatic rings. The molecule has 2 bridgehead atoms. The molecule has 2 saturated carbocycles. The van der Waals surface area contributed by atoms with Crippen LogP contribution >= 0.6 is 0 Å². The van der Waals surface area contributed by atoms with Gasteiger partial charge in [0.25, 0.3) is 0 Å². The topological polar surface area (TPSA) is 49.7 Å². The molecule has 0 amide bonds. The van der Waals surface area contributed by atoms with Gasteiger partial charge in [-0.2, -0.15) is 0 Å². The number of benzene rings is 1. The average molecular weight is 248 g/mol. The minimum absolute atomic E-state index is 0.135. The Balaban J connectivity index is 2.03. The van der Waals surface area contributed by atoms with E-state index in [9.17, 15) is 10.2 Å². The fraction of sp³-hybridized carbons (Fsp3) is 0.600. The smallest absolute Gasteiger partial charge is 0.118 e. The normalized spacial score (nSPS) is 38.1. The molecule has 1 aromatic carbocycles. The van der Waals surface area contributed by atoms with Crippen LogP contribution in [0.2, 0.25) is 0 Å². The highest BCUT2D eigenvalue weighted by atomic mass is 16.5. The second kappa shape index (κ2) is 3.97. The summed E-state index contributed by atoms with van der Waals surface area (Å²) in [7, 11) is 1.65. The Bertz CT molecular complexity index is 432. The quantitative estimate of drug-likeness (QED) is 0.858. The van der Waals surface area contributed by atoms with Crippen LogP contribution < -0.4 is 4.74 Å². The van der Waals surface area contributed by atoms with Gasteiger partial charge in [0.05, 0.1) is 13.7 Å². The van der Waals surface area contributed by atoms with Crippen LogP contribution in [-0.4, -0.2) is 29.5 Å². The standard InChI is InChI=1S/C15H20O3/c1-18-13-4-2-11(3-5-13)14-8-6-12(7-9-14)15(14,17)10-16/h2-5,12,16-17H,6-10H2,1H3/t12?,14?,15-/m1/s1. The van der Waals surface area contributed by atoms with Crippen molar-refractivity contribution in [1.29, 1.82) is 0 Å². The van der Waals surface area contributed by atoms with Gasteiger partial charge < -0.3 is 14.9 Å². The first-order valence-electron chi connectivity index (χ1n) is 6.64. The summed E-state index contributed by atoms with van der Waals surface area (Å²) in [5.74, 6) is 1.08. The van der Waals surface area contributed by atoms with Gasteiger partial charge in [-0.3, -0.25) is 0 Å². The molecule has 0 aliphatic heterocycles. The fourth-order valence-electron chi connectivity index (χ4n) is 4.14. The van der Waals surface area contributed by atoms with E-state index in [-0.39, 0.29) is 17.9 Å². The van der Waals surface area contributed by atoms with Crippen molar-refractivity contribution in [2.24, 2.45) is 5.92 Å². The van der Waals surface area contributed by atoms with E-state index in [2.05, 4.69) is 0 Å². The molecule has 18 heavy (non-hydrogen) atoms. The van der Waals surface area contributed by atoms with Gasteiger partial charge >= 0.3 is 0 Å². The number of aliphatic hydroxyl groups is 2. The van der Waals surface area contributed by atoms with E-state index < -0.39 is 5.60 Å². The maximum absolute atomic E-state index is 10.8. The van der Waals surface area contributed by atoms with Gasteiger partial charge in [0.2, 0.25) is 0 Å². The van der Waals surface area contributed by atoms with Gasteiger partial charge in [0.1, 0.15) is 11.4 Å². The second-order valence-corrected chi connectivity index (χ2v) is 5.67. The first-order valence-corrected chi connectivity index (χ1v) is 6.64. The molecule has 0 heterocycles. The number of aliphatic hydroxyl groups excluding tert-OH is 1. The average Bonchev–Trinajstić information content (AvgIpc) is 2.89. The molecule has 0 aromatic heterocycles. The molecule has 1 aromatic rings. The Hall–Kier alpha value is -1.06. The van der Waals surface area contributed by atoms with Crippen molar-refractivity contribution in [3.63, 3.8) is 0 Å². The molecule has 98 valence electrons. The Morgan fingerprint density at radius 3 is 2.33 bits per heavy atom. The van der Waals surface area contributed by atoms with E-state index in [1.165, 1.54) is 0 Å². The SMILES string of the molecule is COc1ccc(C23CCC(CC2)[C@]3(O)CO)cc1. The zero-order chi connectivity index (χ0) is 12.8. The van der Waals surface area contributed by atoms with E-state index >= 15 is 0 Å². The van der Waals surface area contributed by atoms with Gasteiger partial charge in [-0.25, -0.2) is 0 Å². The number of hydrogen-bond acceptors (Lipinski definition) is 3. The molecule has 3 heteroatoms. The van der Waals surface area contributed by atoms with Crippen LogP contribution in [0.4, 0.5) is 0 Å². The highest BCUT2D eigenvalue weighted by molar-refractivity contribution is 5.39. The lowest BCUT2D eigenvalue weighted by Crippen LogP contribution is -2.49. The summed E-state index contributed by atoms with van der Waals surface area (Å²) in [6, 6.07) is 7.95. The zero-order valence-electron chi connectivity index (χ0n) is 10.7. The second-order valence-electron chi connectivity index (χ2n) is 5.67. The molecule has 0 unspecified atom stereocenters. The highest BCUT2D eigenvalue weighted by Crippen LogP contribution is 2.61. The van der Waals surface area contributed by atoms with E-state index in [1.54, 1.807) is 7.11 Å². The van der Waals surface area contributed by atoms with Crippen molar-refractivity contribution in [2.45, 2.75) is 36.7 Å². The van der Waals surface area contributed by atoms with E-state index in [4.69, 9.17) is 4.74 Å². The molecule has 0 saturated heterocycles. The summed E-state index contributed by atoms with van der Waals surface area (Å²) in [6.45, 7) is -0.135. The summed E-state index contributed by atoms with van der Waals surface area (Å²) in [5, 5.41) is 20.5. The third-order valence-corrected chi connectivity index (χ3v) is 5.23. The Morgan fingerprint density at radius 2 is 1.83 bits per heavy atom.